The SMILES string of the molecule is CCc1ccc(/C=N/NC(=O)[C@H]2CC(=O)N(c3ccc(CC)cc3)C2)cc1. The Bertz CT molecular complexity index is 826. The third-order valence-electron chi connectivity index (χ3n) is 4.93. The third-order valence-corrected chi connectivity index (χ3v) is 4.93. The number of amides is 2. The summed E-state index contributed by atoms with van der Waals surface area (Å²) in [6.45, 7) is 4.58. The van der Waals surface area contributed by atoms with E-state index in [0.717, 1.165) is 24.1 Å². The van der Waals surface area contributed by atoms with Crippen molar-refractivity contribution < 1.29 is 9.59 Å². The van der Waals surface area contributed by atoms with Crippen molar-refractivity contribution in [1.29, 1.82) is 0 Å². The third kappa shape index (κ3) is 4.61. The maximum Gasteiger partial charge on any atom is 0.245 e. The van der Waals surface area contributed by atoms with Gasteiger partial charge in [0.1, 0.15) is 0 Å². The second kappa shape index (κ2) is 8.62. The van der Waals surface area contributed by atoms with Crippen molar-refractivity contribution in [1.82, 2.24) is 5.43 Å². The maximum atomic E-state index is 12.4. The number of aryl methyl sites for hydroxylation is 2. The fraction of sp³-hybridized carbons (Fsp3) is 0.318. The van der Waals surface area contributed by atoms with Gasteiger partial charge in [-0.25, -0.2) is 5.43 Å². The second-order valence-electron chi connectivity index (χ2n) is 6.75. The van der Waals surface area contributed by atoms with E-state index in [1.807, 2.05) is 48.5 Å². The molecule has 140 valence electrons. The number of hydrogen-bond donors (Lipinski definition) is 1. The van der Waals surface area contributed by atoms with E-state index in [9.17, 15) is 9.59 Å². The molecule has 2 aromatic carbocycles. The monoisotopic (exact) mass is 363 g/mol. The number of hydrogen-bond acceptors (Lipinski definition) is 3. The van der Waals surface area contributed by atoms with Crippen molar-refractivity contribution in [2.45, 2.75) is 33.1 Å². The molecule has 5 heteroatoms. The molecule has 1 saturated heterocycles. The summed E-state index contributed by atoms with van der Waals surface area (Å²) in [4.78, 5) is 26.3. The molecule has 5 nitrogen and oxygen atoms in total. The van der Waals surface area contributed by atoms with Gasteiger partial charge >= 0.3 is 0 Å². The zero-order chi connectivity index (χ0) is 19.2. The van der Waals surface area contributed by atoms with Gasteiger partial charge in [-0.15, -0.1) is 0 Å². The van der Waals surface area contributed by atoms with Gasteiger partial charge in [-0.2, -0.15) is 5.10 Å². The lowest BCUT2D eigenvalue weighted by Gasteiger charge is -2.16. The van der Waals surface area contributed by atoms with Crippen molar-refractivity contribution in [3.63, 3.8) is 0 Å². The highest BCUT2D eigenvalue weighted by atomic mass is 16.2. The van der Waals surface area contributed by atoms with E-state index in [1.54, 1.807) is 11.1 Å². The number of carbonyl (C=O) groups is 2. The molecule has 0 radical (unpaired) electrons. The Morgan fingerprint density at radius 2 is 1.67 bits per heavy atom. The van der Waals surface area contributed by atoms with E-state index in [4.69, 9.17) is 0 Å². The maximum absolute atomic E-state index is 12.4. The lowest BCUT2D eigenvalue weighted by Crippen LogP contribution is -2.30. The molecule has 1 fully saturated rings. The Kier molecular flexibility index (Phi) is 6.01. The molecule has 27 heavy (non-hydrogen) atoms. The van der Waals surface area contributed by atoms with Crippen molar-refractivity contribution in [3.05, 3.63) is 65.2 Å². The van der Waals surface area contributed by atoms with E-state index >= 15 is 0 Å². The predicted molar refractivity (Wildman–Crippen MR) is 108 cm³/mol. The molecule has 0 saturated carbocycles. The number of nitrogens with one attached hydrogen (secondary N) is 1. The van der Waals surface area contributed by atoms with Crippen LogP contribution >= 0.6 is 0 Å². The fourth-order valence-electron chi connectivity index (χ4n) is 3.15. The molecule has 1 N–H and O–H groups in total. The van der Waals surface area contributed by atoms with Gasteiger partial charge < -0.3 is 4.90 Å². The van der Waals surface area contributed by atoms with Gasteiger partial charge in [0, 0.05) is 18.7 Å². The van der Waals surface area contributed by atoms with Gasteiger partial charge in [0.25, 0.3) is 0 Å². The summed E-state index contributed by atoms with van der Waals surface area (Å²) < 4.78 is 0. The van der Waals surface area contributed by atoms with Gasteiger partial charge in [-0.1, -0.05) is 50.2 Å². The minimum atomic E-state index is -0.386. The average Bonchev–Trinajstić information content (AvgIpc) is 3.10. The Balaban J connectivity index is 1.57. The summed E-state index contributed by atoms with van der Waals surface area (Å²) in [6, 6.07) is 15.9. The number of anilines is 1. The molecular weight excluding hydrogens is 338 g/mol. The number of nitrogens with zero attached hydrogens (tertiary/aromatic N) is 2. The highest BCUT2D eigenvalue weighted by Crippen LogP contribution is 2.25. The second-order valence-corrected chi connectivity index (χ2v) is 6.75. The van der Waals surface area contributed by atoms with Gasteiger partial charge in [0.05, 0.1) is 12.1 Å². The van der Waals surface area contributed by atoms with Gasteiger partial charge in [0.2, 0.25) is 11.8 Å². The zero-order valence-electron chi connectivity index (χ0n) is 15.8. The van der Waals surface area contributed by atoms with Crippen molar-refractivity contribution in [2.75, 3.05) is 11.4 Å². The molecule has 0 unspecified atom stereocenters. The molecule has 1 aliphatic heterocycles. The smallest absolute Gasteiger partial charge is 0.245 e. The normalized spacial score (nSPS) is 16.9. The Morgan fingerprint density at radius 3 is 2.26 bits per heavy atom. The molecule has 1 heterocycles. The van der Waals surface area contributed by atoms with E-state index in [0.29, 0.717) is 6.54 Å². The van der Waals surface area contributed by atoms with Crippen LogP contribution in [0.4, 0.5) is 5.69 Å². The van der Waals surface area contributed by atoms with E-state index in [-0.39, 0.29) is 24.2 Å². The first-order valence-corrected chi connectivity index (χ1v) is 9.41. The van der Waals surface area contributed by atoms with Crippen LogP contribution in [-0.2, 0) is 22.4 Å². The van der Waals surface area contributed by atoms with Crippen LogP contribution in [0, 0.1) is 5.92 Å². The van der Waals surface area contributed by atoms with Gasteiger partial charge in [-0.05, 0) is 41.7 Å². The summed E-state index contributed by atoms with van der Waals surface area (Å²) in [7, 11) is 0. The van der Waals surface area contributed by atoms with Crippen LogP contribution < -0.4 is 10.3 Å². The Labute approximate surface area is 160 Å². The first-order chi connectivity index (χ1) is 13.1. The van der Waals surface area contributed by atoms with Crippen LogP contribution in [0.3, 0.4) is 0 Å². The summed E-state index contributed by atoms with van der Waals surface area (Å²) in [5.41, 5.74) is 6.81. The molecule has 2 aromatic rings. The quantitative estimate of drug-likeness (QED) is 0.632. The van der Waals surface area contributed by atoms with Crippen LogP contribution in [0.1, 0.15) is 37.0 Å². The summed E-state index contributed by atoms with van der Waals surface area (Å²) in [5, 5.41) is 4.03. The highest BCUT2D eigenvalue weighted by molar-refractivity contribution is 6.00. The number of hydrazone groups is 1. The number of rotatable bonds is 6. The largest absolute Gasteiger partial charge is 0.312 e. The molecule has 1 aliphatic rings. The fourth-order valence-corrected chi connectivity index (χ4v) is 3.15. The van der Waals surface area contributed by atoms with Crippen molar-refractivity contribution in [3.8, 4) is 0 Å². The lowest BCUT2D eigenvalue weighted by molar-refractivity contribution is -0.126. The van der Waals surface area contributed by atoms with Crippen LogP contribution in [-0.4, -0.2) is 24.6 Å². The first kappa shape index (κ1) is 18.8. The molecule has 2 amide bonds. The van der Waals surface area contributed by atoms with E-state index in [1.165, 1.54) is 11.1 Å². The summed E-state index contributed by atoms with van der Waals surface area (Å²) in [5.74, 6) is -0.640. The van der Waals surface area contributed by atoms with Crippen LogP contribution in [0.2, 0.25) is 0 Å². The zero-order valence-corrected chi connectivity index (χ0v) is 15.8. The summed E-state index contributed by atoms with van der Waals surface area (Å²) >= 11 is 0. The number of benzene rings is 2. The number of carbonyl (C=O) groups excluding carboxylic acids is 2. The topological polar surface area (TPSA) is 61.8 Å². The molecule has 0 bridgehead atoms. The lowest BCUT2D eigenvalue weighted by atomic mass is 10.1. The molecule has 1 atom stereocenters. The molecule has 3 rings (SSSR count). The van der Waals surface area contributed by atoms with Gasteiger partial charge in [0.15, 0.2) is 0 Å². The van der Waals surface area contributed by atoms with Crippen LogP contribution in [0.15, 0.2) is 53.6 Å². The van der Waals surface area contributed by atoms with Crippen molar-refractivity contribution >= 4 is 23.7 Å². The van der Waals surface area contributed by atoms with E-state index in [2.05, 4.69) is 24.4 Å². The minimum Gasteiger partial charge on any atom is -0.312 e. The average molecular weight is 363 g/mol. The molecular formula is C22H25N3O2. The highest BCUT2D eigenvalue weighted by Gasteiger charge is 2.35. The molecule has 0 aromatic heterocycles. The molecule has 0 aliphatic carbocycles. The standard InChI is InChI=1S/C22H25N3O2/c1-3-16-5-7-18(8-6-16)14-23-24-22(27)19-13-21(26)25(15-19)20-11-9-17(4-2)10-12-20/h5-12,14,19H,3-4,13,15H2,1-2H3,(H,24,27)/b23-14+/t19-/m0/s1. The Morgan fingerprint density at radius 1 is 1.07 bits per heavy atom. The first-order valence-electron chi connectivity index (χ1n) is 9.41. The molecule has 0 spiro atoms. The van der Waals surface area contributed by atoms with Crippen molar-refractivity contribution in [2.24, 2.45) is 11.0 Å². The summed E-state index contributed by atoms with van der Waals surface area (Å²) in [6.07, 6.45) is 3.78. The van der Waals surface area contributed by atoms with Gasteiger partial charge in [-0.3, -0.25) is 9.59 Å². The van der Waals surface area contributed by atoms with Crippen LogP contribution in [0.5, 0.6) is 0 Å². The Hall–Kier alpha value is -2.95. The van der Waals surface area contributed by atoms with Crippen LogP contribution in [0.25, 0.3) is 0 Å². The van der Waals surface area contributed by atoms with E-state index < -0.39 is 0 Å². The predicted octanol–water partition coefficient (Wildman–Crippen LogP) is 3.31. The minimum absolute atomic E-state index is 0.0291.